The van der Waals surface area contributed by atoms with Crippen LogP contribution >= 0.6 is 23.2 Å². The van der Waals surface area contributed by atoms with Gasteiger partial charge in [-0.05, 0) is 48.9 Å². The topological polar surface area (TPSA) is 140 Å². The normalized spacial score (nSPS) is 14.9. The van der Waals surface area contributed by atoms with Crippen LogP contribution in [0.1, 0.15) is 24.3 Å². The molecule has 11 nitrogen and oxygen atoms in total. The van der Waals surface area contributed by atoms with Crippen LogP contribution in [0.15, 0.2) is 69.3 Å². The summed E-state index contributed by atoms with van der Waals surface area (Å²) in [7, 11) is 2.68. The maximum Gasteiger partial charge on any atom is 0.337 e. The van der Waals surface area contributed by atoms with Crippen molar-refractivity contribution < 1.29 is 33.0 Å². The van der Waals surface area contributed by atoms with E-state index in [0.717, 1.165) is 0 Å². The smallest absolute Gasteiger partial charge is 0.337 e. The van der Waals surface area contributed by atoms with E-state index < -0.39 is 23.9 Å². The minimum absolute atomic E-state index is 0.245. The highest BCUT2D eigenvalue weighted by molar-refractivity contribution is 6.43. The number of nitrogens with zero attached hydrogens (tertiary/aromatic N) is 1. The van der Waals surface area contributed by atoms with Crippen LogP contribution in [-0.4, -0.2) is 44.9 Å². The standard InChI is InChI=1S/C27H24Cl2N4O7/c1-14-23(26(35)38-3)25(32-27(36)31-14)15-7-9-20(21(11-15)37-2)39-13-22(34)33-30-12-16-8-10-19(40-16)17-5-4-6-18(28)24(17)29/h4-12,25H,13H2,1-3H3,(H,33,34)(H2,31,32,36)/b30-12-/t25-/m1/s1. The lowest BCUT2D eigenvalue weighted by Crippen LogP contribution is -2.45. The Labute approximate surface area is 239 Å². The molecule has 0 unspecified atom stereocenters. The number of hydrogen-bond acceptors (Lipinski definition) is 8. The first-order chi connectivity index (χ1) is 19.2. The molecule has 2 heterocycles. The minimum Gasteiger partial charge on any atom is -0.493 e. The Morgan fingerprint density at radius 3 is 2.67 bits per heavy atom. The van der Waals surface area contributed by atoms with Gasteiger partial charge in [-0.3, -0.25) is 4.79 Å². The first kappa shape index (κ1) is 28.5. The molecule has 1 aliphatic rings. The van der Waals surface area contributed by atoms with Gasteiger partial charge in [0.25, 0.3) is 5.91 Å². The Bertz CT molecular complexity index is 1520. The number of carbonyl (C=O) groups excluding carboxylic acids is 3. The number of halogens is 2. The summed E-state index contributed by atoms with van der Waals surface area (Å²) in [6.45, 7) is 1.23. The third kappa shape index (κ3) is 6.38. The number of allylic oxidation sites excluding steroid dienone is 1. The van der Waals surface area contributed by atoms with Gasteiger partial charge in [-0.25, -0.2) is 15.0 Å². The third-order valence-electron chi connectivity index (χ3n) is 5.78. The van der Waals surface area contributed by atoms with E-state index in [9.17, 15) is 14.4 Å². The lowest BCUT2D eigenvalue weighted by atomic mass is 9.95. The molecule has 1 aliphatic heterocycles. The fourth-order valence-electron chi connectivity index (χ4n) is 3.91. The Kier molecular flexibility index (Phi) is 8.97. The van der Waals surface area contributed by atoms with Crippen molar-refractivity contribution in [2.75, 3.05) is 20.8 Å². The van der Waals surface area contributed by atoms with Crippen molar-refractivity contribution in [3.8, 4) is 22.8 Å². The summed E-state index contributed by atoms with van der Waals surface area (Å²) in [4.78, 5) is 36.7. The Morgan fingerprint density at radius 2 is 1.93 bits per heavy atom. The van der Waals surface area contributed by atoms with E-state index in [0.29, 0.717) is 38.4 Å². The molecule has 0 fully saturated rings. The van der Waals surface area contributed by atoms with Gasteiger partial charge in [0, 0.05) is 11.3 Å². The second-order valence-electron chi connectivity index (χ2n) is 8.36. The maximum atomic E-state index is 12.3. The van der Waals surface area contributed by atoms with Crippen molar-refractivity contribution in [1.82, 2.24) is 16.1 Å². The van der Waals surface area contributed by atoms with Gasteiger partial charge < -0.3 is 29.3 Å². The second-order valence-corrected chi connectivity index (χ2v) is 9.14. The molecule has 0 bridgehead atoms. The molecule has 40 heavy (non-hydrogen) atoms. The van der Waals surface area contributed by atoms with E-state index in [2.05, 4.69) is 21.2 Å². The number of methoxy groups -OCH3 is 2. The number of furan rings is 1. The molecular weight excluding hydrogens is 563 g/mol. The fraction of sp³-hybridized carbons (Fsp3) is 0.185. The van der Waals surface area contributed by atoms with Crippen LogP contribution in [0, 0.1) is 0 Å². The largest absolute Gasteiger partial charge is 0.493 e. The molecule has 2 aromatic carbocycles. The molecule has 0 radical (unpaired) electrons. The highest BCUT2D eigenvalue weighted by Gasteiger charge is 2.32. The number of rotatable bonds is 9. The predicted octanol–water partition coefficient (Wildman–Crippen LogP) is 4.59. The molecule has 1 aromatic heterocycles. The molecule has 0 spiro atoms. The quantitative estimate of drug-likeness (QED) is 0.189. The summed E-state index contributed by atoms with van der Waals surface area (Å²) in [6.07, 6.45) is 1.33. The number of amides is 3. The zero-order chi connectivity index (χ0) is 28.8. The van der Waals surface area contributed by atoms with Crippen LogP contribution in [0.5, 0.6) is 11.5 Å². The van der Waals surface area contributed by atoms with Crippen LogP contribution in [-0.2, 0) is 14.3 Å². The molecule has 3 amide bonds. The van der Waals surface area contributed by atoms with Crippen LogP contribution in [0.25, 0.3) is 11.3 Å². The van der Waals surface area contributed by atoms with Crippen LogP contribution in [0.4, 0.5) is 4.79 Å². The molecular formula is C27H24Cl2N4O7. The van der Waals surface area contributed by atoms with Crippen LogP contribution < -0.4 is 25.5 Å². The van der Waals surface area contributed by atoms with Gasteiger partial charge in [-0.2, -0.15) is 5.10 Å². The van der Waals surface area contributed by atoms with E-state index in [1.807, 2.05) is 0 Å². The monoisotopic (exact) mass is 586 g/mol. The Balaban J connectivity index is 1.38. The summed E-state index contributed by atoms with van der Waals surface area (Å²) in [5.41, 5.74) is 4.14. The Hall–Kier alpha value is -4.48. The van der Waals surface area contributed by atoms with Crippen molar-refractivity contribution in [1.29, 1.82) is 0 Å². The zero-order valence-electron chi connectivity index (χ0n) is 21.5. The minimum atomic E-state index is -0.779. The maximum absolute atomic E-state index is 12.3. The average molecular weight is 587 g/mol. The van der Waals surface area contributed by atoms with Gasteiger partial charge >= 0.3 is 12.0 Å². The fourth-order valence-corrected chi connectivity index (χ4v) is 4.31. The number of hydrazone groups is 1. The molecule has 0 saturated carbocycles. The molecule has 0 aliphatic carbocycles. The van der Waals surface area contributed by atoms with Crippen molar-refractivity contribution in [3.63, 3.8) is 0 Å². The van der Waals surface area contributed by atoms with E-state index in [-0.39, 0.29) is 23.7 Å². The van der Waals surface area contributed by atoms with E-state index in [1.165, 1.54) is 20.4 Å². The number of ether oxygens (including phenoxy) is 3. The molecule has 3 aromatic rings. The average Bonchev–Trinajstić information content (AvgIpc) is 3.41. The Morgan fingerprint density at radius 1 is 1.12 bits per heavy atom. The molecule has 0 saturated heterocycles. The highest BCUT2D eigenvalue weighted by atomic mass is 35.5. The van der Waals surface area contributed by atoms with Crippen molar-refractivity contribution >= 4 is 47.3 Å². The third-order valence-corrected chi connectivity index (χ3v) is 6.60. The number of benzene rings is 2. The van der Waals surface area contributed by atoms with Gasteiger partial charge in [0.1, 0.15) is 11.5 Å². The number of urea groups is 1. The lowest BCUT2D eigenvalue weighted by Gasteiger charge is -2.28. The first-order valence-corrected chi connectivity index (χ1v) is 12.5. The van der Waals surface area contributed by atoms with Crippen LogP contribution in [0.3, 0.4) is 0 Å². The summed E-state index contributed by atoms with van der Waals surface area (Å²) >= 11 is 12.3. The second kappa shape index (κ2) is 12.6. The molecule has 3 N–H and O–H groups in total. The summed E-state index contributed by atoms with van der Waals surface area (Å²) in [5.74, 6) is 0.290. The number of carbonyl (C=O) groups is 3. The van der Waals surface area contributed by atoms with Crippen LogP contribution in [0.2, 0.25) is 10.0 Å². The SMILES string of the molecule is COC(=O)C1=C(C)NC(=O)N[C@@H]1c1ccc(OCC(=O)N/N=C\c2ccc(-c3cccc(Cl)c3Cl)o2)c(OC)c1. The molecule has 13 heteroatoms. The van der Waals surface area contributed by atoms with Crippen molar-refractivity contribution in [2.24, 2.45) is 5.10 Å². The predicted molar refractivity (Wildman–Crippen MR) is 148 cm³/mol. The molecule has 4 rings (SSSR count). The van der Waals surface area contributed by atoms with E-state index in [1.54, 1.807) is 55.5 Å². The van der Waals surface area contributed by atoms with Crippen molar-refractivity contribution in [2.45, 2.75) is 13.0 Å². The molecule has 208 valence electrons. The lowest BCUT2D eigenvalue weighted by molar-refractivity contribution is -0.136. The summed E-state index contributed by atoms with van der Waals surface area (Å²) < 4.78 is 21.6. The zero-order valence-corrected chi connectivity index (χ0v) is 23.1. The summed E-state index contributed by atoms with van der Waals surface area (Å²) in [5, 5.41) is 9.91. The van der Waals surface area contributed by atoms with Gasteiger partial charge in [0.2, 0.25) is 0 Å². The van der Waals surface area contributed by atoms with E-state index >= 15 is 0 Å². The molecule has 1 atom stereocenters. The van der Waals surface area contributed by atoms with Crippen molar-refractivity contribution in [3.05, 3.63) is 81.2 Å². The number of esters is 1. The highest BCUT2D eigenvalue weighted by Crippen LogP contribution is 2.35. The van der Waals surface area contributed by atoms with Gasteiger partial charge in [-0.15, -0.1) is 0 Å². The van der Waals surface area contributed by atoms with E-state index in [4.69, 9.17) is 41.8 Å². The number of hydrogen-bond donors (Lipinski definition) is 3. The summed E-state index contributed by atoms with van der Waals surface area (Å²) in [6, 6.07) is 12.1. The number of nitrogens with one attached hydrogen (secondary N) is 3. The van der Waals surface area contributed by atoms with Gasteiger partial charge in [0.15, 0.2) is 18.1 Å². The first-order valence-electron chi connectivity index (χ1n) is 11.7. The van der Waals surface area contributed by atoms with Gasteiger partial charge in [0.05, 0.1) is 42.1 Å². The van der Waals surface area contributed by atoms with Gasteiger partial charge in [-0.1, -0.05) is 35.3 Å².